The molecule has 2 rings (SSSR count). The van der Waals surface area contributed by atoms with Crippen molar-refractivity contribution in [3.05, 3.63) is 46.3 Å². The van der Waals surface area contributed by atoms with Crippen molar-refractivity contribution in [3.8, 4) is 0 Å². The molecule has 0 saturated carbocycles. The van der Waals surface area contributed by atoms with Crippen molar-refractivity contribution >= 4 is 41.6 Å². The highest BCUT2D eigenvalue weighted by Crippen LogP contribution is 2.24. The van der Waals surface area contributed by atoms with Gasteiger partial charge in [0, 0.05) is 42.3 Å². The van der Waals surface area contributed by atoms with E-state index in [1.807, 2.05) is 57.1 Å². The Hall–Kier alpha value is -2.74. The van der Waals surface area contributed by atoms with E-state index in [0.717, 1.165) is 48.5 Å². The van der Waals surface area contributed by atoms with E-state index in [1.54, 1.807) is 18.0 Å². The van der Waals surface area contributed by atoms with Crippen molar-refractivity contribution < 1.29 is 4.79 Å². The zero-order valence-corrected chi connectivity index (χ0v) is 24.7. The van der Waals surface area contributed by atoms with Gasteiger partial charge in [-0.1, -0.05) is 33.6 Å². The van der Waals surface area contributed by atoms with Crippen LogP contribution in [0.5, 0.6) is 0 Å². The van der Waals surface area contributed by atoms with Crippen LogP contribution < -0.4 is 5.32 Å². The molecule has 8 heteroatoms. The van der Waals surface area contributed by atoms with Crippen LogP contribution in [0.2, 0.25) is 0 Å². The summed E-state index contributed by atoms with van der Waals surface area (Å²) in [6, 6.07) is 3.78. The molecule has 1 aliphatic rings. The van der Waals surface area contributed by atoms with Crippen molar-refractivity contribution in [2.24, 2.45) is 9.98 Å². The molecule has 1 aliphatic heterocycles. The van der Waals surface area contributed by atoms with Gasteiger partial charge in [0.1, 0.15) is 5.82 Å². The molecule has 1 saturated heterocycles. The molecule has 2 heterocycles. The van der Waals surface area contributed by atoms with E-state index >= 15 is 0 Å². The summed E-state index contributed by atoms with van der Waals surface area (Å²) in [6.07, 6.45) is 7.63. The predicted octanol–water partition coefficient (Wildman–Crippen LogP) is 7.73. The van der Waals surface area contributed by atoms with Gasteiger partial charge in [-0.3, -0.25) is 14.8 Å². The third-order valence-corrected chi connectivity index (χ3v) is 6.78. The number of nitrogens with zero attached hydrogens (tertiary/aromatic N) is 4. The van der Waals surface area contributed by atoms with Crippen molar-refractivity contribution in [3.63, 3.8) is 0 Å². The number of likely N-dealkylation sites (tertiary alicyclic amines) is 1. The second kappa shape index (κ2) is 17.7. The lowest BCUT2D eigenvalue weighted by atomic mass is 10.1. The summed E-state index contributed by atoms with van der Waals surface area (Å²) in [4.78, 5) is 27.9. The highest BCUT2D eigenvalue weighted by Gasteiger charge is 2.30. The molecule has 0 unspecified atom stereocenters. The molecular formula is C29H46N6OS. The van der Waals surface area contributed by atoms with Crippen molar-refractivity contribution in [1.82, 2.24) is 9.88 Å². The van der Waals surface area contributed by atoms with E-state index in [9.17, 15) is 4.79 Å². The number of hydrogen-bond donors (Lipinski definition) is 2. The quantitative estimate of drug-likeness (QED) is 0.126. The molecule has 1 aromatic heterocycles. The first-order valence-corrected chi connectivity index (χ1v) is 14.3. The van der Waals surface area contributed by atoms with Gasteiger partial charge in [0.25, 0.3) is 5.91 Å². The molecule has 0 spiro atoms. The van der Waals surface area contributed by atoms with E-state index in [1.165, 1.54) is 12.8 Å². The maximum absolute atomic E-state index is 12.9. The number of thioether (sulfide) groups is 1. The maximum Gasteiger partial charge on any atom is 0.255 e. The molecule has 37 heavy (non-hydrogen) atoms. The Morgan fingerprint density at radius 1 is 1.24 bits per heavy atom. The second-order valence-electron chi connectivity index (χ2n) is 9.31. The fourth-order valence-electron chi connectivity index (χ4n) is 3.62. The first kappa shape index (κ1) is 32.3. The minimum atomic E-state index is 0.00191. The number of hydrogen-bond acceptors (Lipinski definition) is 7. The number of rotatable bonds is 12. The molecule has 1 amide bonds. The Bertz CT molecular complexity index is 975. The molecule has 1 atom stereocenters. The lowest BCUT2D eigenvalue weighted by molar-refractivity contribution is 0.0740. The first-order valence-electron chi connectivity index (χ1n) is 13.2. The fourth-order valence-corrected chi connectivity index (χ4v) is 4.34. The molecule has 0 aliphatic carbocycles. The molecule has 7 nitrogen and oxygen atoms in total. The van der Waals surface area contributed by atoms with Gasteiger partial charge in [-0.2, -0.15) is 0 Å². The topological polar surface area (TPSA) is 93.8 Å². The monoisotopic (exact) mass is 526 g/mol. The van der Waals surface area contributed by atoms with Crippen LogP contribution in [0, 0.1) is 5.41 Å². The minimum Gasteiger partial charge on any atom is -0.361 e. The van der Waals surface area contributed by atoms with Gasteiger partial charge in [-0.15, -0.1) is 11.8 Å². The van der Waals surface area contributed by atoms with E-state index in [0.29, 0.717) is 29.4 Å². The minimum absolute atomic E-state index is 0.00191. The highest BCUT2D eigenvalue weighted by atomic mass is 32.2. The highest BCUT2D eigenvalue weighted by molar-refractivity contribution is 8.02. The van der Waals surface area contributed by atoms with Crippen molar-refractivity contribution in [2.75, 3.05) is 17.7 Å². The summed E-state index contributed by atoms with van der Waals surface area (Å²) >= 11 is 1.56. The third kappa shape index (κ3) is 11.5. The number of carbonyl (C=O) groups is 1. The second-order valence-corrected chi connectivity index (χ2v) is 10.2. The number of amides is 1. The normalized spacial score (nSPS) is 15.8. The number of pyridine rings is 1. The average Bonchev–Trinajstić information content (AvgIpc) is 3.35. The van der Waals surface area contributed by atoms with E-state index < -0.39 is 0 Å². The van der Waals surface area contributed by atoms with Crippen LogP contribution in [-0.2, 0) is 0 Å². The Morgan fingerprint density at radius 3 is 2.49 bits per heavy atom. The van der Waals surface area contributed by atoms with Gasteiger partial charge in [0.2, 0.25) is 0 Å². The van der Waals surface area contributed by atoms with Crippen LogP contribution in [0.1, 0.15) is 97.3 Å². The van der Waals surface area contributed by atoms with Gasteiger partial charge in [-0.05, 0) is 76.8 Å². The largest absolute Gasteiger partial charge is 0.361 e. The molecule has 2 N–H and O–H groups in total. The van der Waals surface area contributed by atoms with Crippen molar-refractivity contribution in [2.45, 2.75) is 93.0 Å². The van der Waals surface area contributed by atoms with Crippen LogP contribution in [0.25, 0.3) is 0 Å². The molecule has 1 fully saturated rings. The number of unbranched alkanes of at least 4 members (excludes halogenated alkanes) is 1. The van der Waals surface area contributed by atoms with Gasteiger partial charge in [-0.25, -0.2) is 4.98 Å². The SMILES string of the molecule is C=NC(=C\SCNc1ccc(C(=O)N2CCC[C@@H]2CC(=N)CC)cn1)/C(C)=C(\C)N=C(C)C.CCCC. The van der Waals surface area contributed by atoms with Gasteiger partial charge in [0.15, 0.2) is 0 Å². The van der Waals surface area contributed by atoms with Crippen LogP contribution in [0.3, 0.4) is 0 Å². The summed E-state index contributed by atoms with van der Waals surface area (Å²) in [5, 5.41) is 13.2. The standard InChI is InChI=1S/C25H36N6OS.C4H10/c1-7-21(26)13-22-9-8-12-31(22)25(32)20-10-11-24(28-14-20)29-16-33-15-23(27-6)18(4)19(5)30-17(2)3;1-3-4-2/h10-11,14-15,22,26H,6-9,12-13,16H2,1-5H3,(H,28,29);3-4H2,1-2H3/b19-18+,23-15-,26-21?;/t22-;/m1./s1. The average molecular weight is 527 g/mol. The third-order valence-electron chi connectivity index (χ3n) is 6.08. The van der Waals surface area contributed by atoms with Gasteiger partial charge in [0.05, 0.1) is 17.1 Å². The zero-order valence-electron chi connectivity index (χ0n) is 23.9. The number of allylic oxidation sites excluding steroid dienone is 2. The molecule has 1 aromatic rings. The van der Waals surface area contributed by atoms with Crippen LogP contribution >= 0.6 is 11.8 Å². The summed E-state index contributed by atoms with van der Waals surface area (Å²) in [6.45, 7) is 18.7. The van der Waals surface area contributed by atoms with Gasteiger partial charge >= 0.3 is 0 Å². The van der Waals surface area contributed by atoms with Crippen LogP contribution in [0.4, 0.5) is 5.82 Å². The number of aliphatic imine (C=N–C) groups is 2. The molecular weight excluding hydrogens is 480 g/mol. The Labute approximate surface area is 228 Å². The van der Waals surface area contributed by atoms with Gasteiger partial charge < -0.3 is 15.6 Å². The summed E-state index contributed by atoms with van der Waals surface area (Å²) in [7, 11) is 0. The molecule has 0 radical (unpaired) electrons. The summed E-state index contributed by atoms with van der Waals surface area (Å²) in [5.41, 5.74) is 5.01. The number of nitrogens with one attached hydrogen (secondary N) is 2. The molecule has 0 bridgehead atoms. The van der Waals surface area contributed by atoms with E-state index in [4.69, 9.17) is 5.41 Å². The Kier molecular flexibility index (Phi) is 15.4. The summed E-state index contributed by atoms with van der Waals surface area (Å²) in [5.74, 6) is 1.32. The lowest BCUT2D eigenvalue weighted by Gasteiger charge is -2.25. The Balaban J connectivity index is 0.00000159. The van der Waals surface area contributed by atoms with E-state index in [-0.39, 0.29) is 11.9 Å². The van der Waals surface area contributed by atoms with Crippen LogP contribution in [0.15, 0.2) is 50.7 Å². The predicted molar refractivity (Wildman–Crippen MR) is 162 cm³/mol. The number of anilines is 1. The lowest BCUT2D eigenvalue weighted by Crippen LogP contribution is -2.36. The van der Waals surface area contributed by atoms with Crippen LogP contribution in [-0.4, -0.2) is 52.4 Å². The van der Waals surface area contributed by atoms with E-state index in [2.05, 4.69) is 40.9 Å². The molecule has 0 aromatic carbocycles. The zero-order chi connectivity index (χ0) is 27.8. The number of aromatic nitrogens is 1. The van der Waals surface area contributed by atoms with Crippen molar-refractivity contribution in [1.29, 1.82) is 5.41 Å². The smallest absolute Gasteiger partial charge is 0.255 e. The Morgan fingerprint density at radius 2 is 1.95 bits per heavy atom. The number of carbonyl (C=O) groups excluding carboxylic acids is 1. The first-order chi connectivity index (χ1) is 17.7. The fraction of sp³-hybridized carbons (Fsp3) is 0.552. The molecule has 204 valence electrons. The maximum atomic E-state index is 12.9. The summed E-state index contributed by atoms with van der Waals surface area (Å²) < 4.78 is 0.